The van der Waals surface area contributed by atoms with Crippen molar-refractivity contribution in [2.75, 3.05) is 6.54 Å². The Morgan fingerprint density at radius 3 is 2.60 bits per heavy atom. The standard InChI is InChI=1S/C18H25NO/c19-11-18(10-12-5-8-14(18)9-12)17(20)16-4-2-1-3-15(16)13-6-7-13/h1-4,12-14,17,20H,5-11,19H2. The molecule has 1 aromatic rings. The first-order valence-electron chi connectivity index (χ1n) is 8.21. The highest BCUT2D eigenvalue weighted by atomic mass is 16.3. The summed E-state index contributed by atoms with van der Waals surface area (Å²) in [7, 11) is 0. The van der Waals surface area contributed by atoms with Crippen LogP contribution in [0.25, 0.3) is 0 Å². The SMILES string of the molecule is NCC1(C(O)c2ccccc2C2CC2)CC2CCC1C2. The Morgan fingerprint density at radius 2 is 2.00 bits per heavy atom. The third-order valence-electron chi connectivity index (χ3n) is 6.26. The molecule has 2 nitrogen and oxygen atoms in total. The van der Waals surface area contributed by atoms with Gasteiger partial charge in [0, 0.05) is 12.0 Å². The Labute approximate surface area is 121 Å². The summed E-state index contributed by atoms with van der Waals surface area (Å²) in [4.78, 5) is 0. The molecule has 4 unspecified atom stereocenters. The Kier molecular flexibility index (Phi) is 2.94. The van der Waals surface area contributed by atoms with Crippen molar-refractivity contribution in [3.63, 3.8) is 0 Å². The normalized spacial score (nSPS) is 37.3. The predicted molar refractivity (Wildman–Crippen MR) is 80.3 cm³/mol. The molecule has 0 aliphatic heterocycles. The van der Waals surface area contributed by atoms with Crippen molar-refractivity contribution in [3.8, 4) is 0 Å². The molecule has 0 radical (unpaired) electrons. The zero-order valence-corrected chi connectivity index (χ0v) is 12.1. The van der Waals surface area contributed by atoms with Crippen LogP contribution >= 0.6 is 0 Å². The van der Waals surface area contributed by atoms with Gasteiger partial charge in [0.1, 0.15) is 0 Å². The summed E-state index contributed by atoms with van der Waals surface area (Å²) < 4.78 is 0. The number of benzene rings is 1. The Morgan fingerprint density at radius 1 is 1.20 bits per heavy atom. The number of aliphatic hydroxyl groups is 1. The largest absolute Gasteiger partial charge is 0.388 e. The van der Waals surface area contributed by atoms with Gasteiger partial charge in [-0.25, -0.2) is 0 Å². The average Bonchev–Trinajstić information content (AvgIpc) is 3.15. The molecule has 0 amide bonds. The molecule has 4 rings (SSSR count). The van der Waals surface area contributed by atoms with Crippen LogP contribution in [0.1, 0.15) is 61.7 Å². The van der Waals surface area contributed by atoms with Crippen LogP contribution < -0.4 is 5.73 Å². The van der Waals surface area contributed by atoms with Crippen LogP contribution in [0.15, 0.2) is 24.3 Å². The highest BCUT2D eigenvalue weighted by molar-refractivity contribution is 5.36. The molecule has 3 saturated carbocycles. The van der Waals surface area contributed by atoms with Gasteiger partial charge in [0.05, 0.1) is 6.10 Å². The smallest absolute Gasteiger partial charge is 0.0863 e. The van der Waals surface area contributed by atoms with E-state index in [9.17, 15) is 5.11 Å². The van der Waals surface area contributed by atoms with E-state index >= 15 is 0 Å². The van der Waals surface area contributed by atoms with Crippen molar-refractivity contribution >= 4 is 0 Å². The average molecular weight is 271 g/mol. The minimum atomic E-state index is -0.361. The van der Waals surface area contributed by atoms with Gasteiger partial charge in [0.15, 0.2) is 0 Å². The first kappa shape index (κ1) is 12.8. The van der Waals surface area contributed by atoms with Gasteiger partial charge >= 0.3 is 0 Å². The summed E-state index contributed by atoms with van der Waals surface area (Å²) in [5.41, 5.74) is 8.69. The molecule has 0 aromatic heterocycles. The number of hydrogen-bond donors (Lipinski definition) is 2. The molecule has 2 bridgehead atoms. The van der Waals surface area contributed by atoms with Crippen molar-refractivity contribution in [3.05, 3.63) is 35.4 Å². The van der Waals surface area contributed by atoms with Crippen molar-refractivity contribution < 1.29 is 5.11 Å². The topological polar surface area (TPSA) is 46.2 Å². The van der Waals surface area contributed by atoms with Gasteiger partial charge in [-0.15, -0.1) is 0 Å². The lowest BCUT2D eigenvalue weighted by Crippen LogP contribution is -2.41. The molecule has 3 aliphatic rings. The van der Waals surface area contributed by atoms with E-state index in [1.807, 2.05) is 0 Å². The van der Waals surface area contributed by atoms with Crippen LogP contribution in [0.4, 0.5) is 0 Å². The minimum Gasteiger partial charge on any atom is -0.388 e. The highest BCUT2D eigenvalue weighted by Crippen LogP contribution is 2.61. The second kappa shape index (κ2) is 4.57. The number of nitrogens with two attached hydrogens (primary N) is 1. The molecule has 1 aromatic carbocycles. The first-order valence-corrected chi connectivity index (χ1v) is 8.21. The van der Waals surface area contributed by atoms with Crippen LogP contribution in [0.2, 0.25) is 0 Å². The fourth-order valence-corrected chi connectivity index (χ4v) is 5.02. The number of rotatable bonds is 4. The lowest BCUT2D eigenvalue weighted by Gasteiger charge is -2.41. The fraction of sp³-hybridized carbons (Fsp3) is 0.667. The Hall–Kier alpha value is -0.860. The van der Waals surface area contributed by atoms with E-state index in [0.29, 0.717) is 18.4 Å². The number of fused-ring (bicyclic) bond motifs is 2. The summed E-state index contributed by atoms with van der Waals surface area (Å²) in [5.74, 6) is 2.14. The maximum Gasteiger partial charge on any atom is 0.0863 e. The second-order valence-corrected chi connectivity index (χ2v) is 7.32. The molecule has 3 aliphatic carbocycles. The van der Waals surface area contributed by atoms with Crippen LogP contribution in [0, 0.1) is 17.3 Å². The van der Waals surface area contributed by atoms with E-state index in [-0.39, 0.29) is 11.5 Å². The van der Waals surface area contributed by atoms with Gasteiger partial charge in [-0.2, -0.15) is 0 Å². The third kappa shape index (κ3) is 1.78. The van der Waals surface area contributed by atoms with Gasteiger partial charge in [-0.3, -0.25) is 0 Å². The summed E-state index contributed by atoms with van der Waals surface area (Å²) in [6, 6.07) is 8.54. The monoisotopic (exact) mass is 271 g/mol. The molecule has 0 spiro atoms. The highest BCUT2D eigenvalue weighted by Gasteiger charge is 2.54. The lowest BCUT2D eigenvalue weighted by molar-refractivity contribution is -0.0135. The van der Waals surface area contributed by atoms with Crippen molar-refractivity contribution in [1.29, 1.82) is 0 Å². The van der Waals surface area contributed by atoms with Crippen LogP contribution in [-0.4, -0.2) is 11.7 Å². The van der Waals surface area contributed by atoms with Crippen LogP contribution in [-0.2, 0) is 0 Å². The molecule has 2 heteroatoms. The summed E-state index contributed by atoms with van der Waals surface area (Å²) in [6.45, 7) is 0.633. The molecular formula is C18H25NO. The van der Waals surface area contributed by atoms with Gasteiger partial charge < -0.3 is 10.8 Å². The molecule has 3 fully saturated rings. The van der Waals surface area contributed by atoms with E-state index in [1.54, 1.807) is 0 Å². The molecule has 108 valence electrons. The zero-order valence-electron chi connectivity index (χ0n) is 12.1. The van der Waals surface area contributed by atoms with E-state index in [2.05, 4.69) is 24.3 Å². The predicted octanol–water partition coefficient (Wildman–Crippen LogP) is 3.36. The Bertz CT molecular complexity index is 510. The molecule has 20 heavy (non-hydrogen) atoms. The van der Waals surface area contributed by atoms with Crippen molar-refractivity contribution in [1.82, 2.24) is 0 Å². The van der Waals surface area contributed by atoms with Crippen LogP contribution in [0.5, 0.6) is 0 Å². The lowest BCUT2D eigenvalue weighted by atomic mass is 9.67. The van der Waals surface area contributed by atoms with Crippen molar-refractivity contribution in [2.24, 2.45) is 23.0 Å². The second-order valence-electron chi connectivity index (χ2n) is 7.32. The fourth-order valence-electron chi connectivity index (χ4n) is 5.02. The van der Waals surface area contributed by atoms with Crippen LogP contribution in [0.3, 0.4) is 0 Å². The first-order chi connectivity index (χ1) is 9.74. The molecule has 4 atom stereocenters. The summed E-state index contributed by atoms with van der Waals surface area (Å²) >= 11 is 0. The van der Waals surface area contributed by atoms with E-state index in [1.165, 1.54) is 43.2 Å². The van der Waals surface area contributed by atoms with Gasteiger partial charge in [0.2, 0.25) is 0 Å². The molecule has 3 N–H and O–H groups in total. The molecule has 0 saturated heterocycles. The van der Waals surface area contributed by atoms with Crippen molar-refractivity contribution in [2.45, 2.75) is 50.5 Å². The maximum absolute atomic E-state index is 11.2. The molecular weight excluding hydrogens is 246 g/mol. The summed E-state index contributed by atoms with van der Waals surface area (Å²) in [6.07, 6.45) is 7.25. The summed E-state index contributed by atoms with van der Waals surface area (Å²) in [5, 5.41) is 11.2. The minimum absolute atomic E-state index is 0.0477. The van der Waals surface area contributed by atoms with E-state index in [0.717, 1.165) is 12.3 Å². The Balaban J connectivity index is 1.71. The maximum atomic E-state index is 11.2. The number of hydrogen-bond acceptors (Lipinski definition) is 2. The quantitative estimate of drug-likeness (QED) is 0.882. The van der Waals surface area contributed by atoms with Gasteiger partial charge in [0.25, 0.3) is 0 Å². The van der Waals surface area contributed by atoms with Gasteiger partial charge in [-0.1, -0.05) is 30.7 Å². The number of aliphatic hydroxyl groups excluding tert-OH is 1. The van der Waals surface area contributed by atoms with E-state index in [4.69, 9.17) is 5.73 Å². The van der Waals surface area contributed by atoms with E-state index < -0.39 is 0 Å². The molecule has 0 heterocycles. The zero-order chi connectivity index (χ0) is 13.7. The van der Waals surface area contributed by atoms with Gasteiger partial charge in [-0.05, 0) is 61.0 Å². The third-order valence-corrected chi connectivity index (χ3v) is 6.26.